The fraction of sp³-hybridized carbons (Fsp3) is 0.348. The first-order valence-electron chi connectivity index (χ1n) is 10.3. The molecule has 0 spiro atoms. The number of amides is 1. The van der Waals surface area contributed by atoms with Crippen molar-refractivity contribution in [2.75, 3.05) is 24.5 Å². The third-order valence-corrected chi connectivity index (χ3v) is 5.31. The number of carbonyl (C=O) groups excluding carboxylic acids is 1. The Bertz CT molecular complexity index is 1060. The lowest BCUT2D eigenvalue weighted by atomic mass is 10.1. The predicted octanol–water partition coefficient (Wildman–Crippen LogP) is 4.03. The van der Waals surface area contributed by atoms with Crippen LogP contribution in [0.15, 0.2) is 42.5 Å². The maximum Gasteiger partial charge on any atom is 0.407 e. The molecular weight excluding hydrogens is 380 g/mol. The molecule has 0 radical (unpaired) electrons. The minimum atomic E-state index is -0.360. The number of piperidine rings is 1. The average Bonchev–Trinajstić information content (AvgIpc) is 2.74. The lowest BCUT2D eigenvalue weighted by molar-refractivity contribution is 0.0836. The second kappa shape index (κ2) is 8.57. The molecule has 1 aliphatic rings. The number of aryl methyl sites for hydroxylation is 1. The summed E-state index contributed by atoms with van der Waals surface area (Å²) in [5.41, 5.74) is 2.57. The second-order valence-electron chi connectivity index (χ2n) is 7.53. The molecule has 1 saturated heterocycles. The first kappa shape index (κ1) is 19.9. The molecule has 156 valence electrons. The topological polar surface area (TPSA) is 87.6 Å². The molecule has 7 nitrogen and oxygen atoms in total. The summed E-state index contributed by atoms with van der Waals surface area (Å²) in [6.07, 6.45) is 1.02. The van der Waals surface area contributed by atoms with E-state index >= 15 is 0 Å². The quantitative estimate of drug-likeness (QED) is 0.680. The number of benzene rings is 2. The molecule has 2 heterocycles. The summed E-state index contributed by atoms with van der Waals surface area (Å²) in [6, 6.07) is 13.2. The molecule has 1 aliphatic heterocycles. The van der Waals surface area contributed by atoms with Gasteiger partial charge in [0.15, 0.2) is 5.82 Å². The predicted molar refractivity (Wildman–Crippen MR) is 117 cm³/mol. The van der Waals surface area contributed by atoms with Gasteiger partial charge in [0.1, 0.15) is 17.7 Å². The van der Waals surface area contributed by atoms with Crippen molar-refractivity contribution in [1.82, 2.24) is 15.3 Å². The number of nitrogens with one attached hydrogen (secondary N) is 1. The lowest BCUT2D eigenvalue weighted by Gasteiger charge is -2.33. The Kier molecular flexibility index (Phi) is 5.70. The van der Waals surface area contributed by atoms with E-state index in [9.17, 15) is 9.90 Å². The van der Waals surface area contributed by atoms with E-state index < -0.39 is 0 Å². The molecular formula is C23H26N4O3. The number of hydrogen-bond acceptors (Lipinski definition) is 6. The number of anilines is 1. The van der Waals surface area contributed by atoms with Crippen LogP contribution in [0.25, 0.3) is 22.3 Å². The number of phenolic OH excluding ortho intramolecular Hbond substituents is 1. The van der Waals surface area contributed by atoms with Gasteiger partial charge in [0.25, 0.3) is 0 Å². The van der Waals surface area contributed by atoms with Crippen LogP contribution in [0.4, 0.5) is 10.6 Å². The van der Waals surface area contributed by atoms with Gasteiger partial charge in [0, 0.05) is 37.9 Å². The molecule has 2 aromatic carbocycles. The molecule has 1 amide bonds. The highest BCUT2D eigenvalue weighted by molar-refractivity contribution is 5.92. The summed E-state index contributed by atoms with van der Waals surface area (Å²) in [6.45, 7) is 5.91. The third-order valence-electron chi connectivity index (χ3n) is 5.31. The average molecular weight is 406 g/mol. The fourth-order valence-electron chi connectivity index (χ4n) is 3.77. The molecule has 7 heteroatoms. The van der Waals surface area contributed by atoms with Gasteiger partial charge < -0.3 is 20.1 Å². The normalized spacial score (nSPS) is 14.7. The molecule has 0 saturated carbocycles. The number of aromatic hydroxyl groups is 1. The van der Waals surface area contributed by atoms with Gasteiger partial charge in [-0.25, -0.2) is 14.8 Å². The number of aromatic nitrogens is 2. The molecule has 3 aromatic rings. The van der Waals surface area contributed by atoms with Gasteiger partial charge in [-0.2, -0.15) is 0 Å². The van der Waals surface area contributed by atoms with E-state index in [-0.39, 0.29) is 17.9 Å². The van der Waals surface area contributed by atoms with Crippen molar-refractivity contribution in [2.45, 2.75) is 32.8 Å². The first-order valence-corrected chi connectivity index (χ1v) is 10.3. The number of para-hydroxylation sites is 1. The van der Waals surface area contributed by atoms with E-state index in [4.69, 9.17) is 14.7 Å². The number of rotatable bonds is 4. The van der Waals surface area contributed by atoms with Crippen LogP contribution in [-0.2, 0) is 4.74 Å². The molecule has 0 atom stereocenters. The van der Waals surface area contributed by atoms with E-state index in [0.29, 0.717) is 17.9 Å². The van der Waals surface area contributed by atoms with Gasteiger partial charge in [-0.3, -0.25) is 0 Å². The summed E-state index contributed by atoms with van der Waals surface area (Å²) in [5.74, 6) is 1.50. The molecule has 1 fully saturated rings. The van der Waals surface area contributed by atoms with Crippen LogP contribution in [0.5, 0.6) is 5.75 Å². The molecule has 30 heavy (non-hydrogen) atoms. The van der Waals surface area contributed by atoms with E-state index in [1.807, 2.05) is 38.1 Å². The van der Waals surface area contributed by atoms with E-state index in [2.05, 4.69) is 16.3 Å². The summed E-state index contributed by atoms with van der Waals surface area (Å²) in [5, 5.41) is 14.0. The third kappa shape index (κ3) is 4.15. The van der Waals surface area contributed by atoms with E-state index in [0.717, 1.165) is 48.2 Å². The Morgan fingerprint density at radius 1 is 1.20 bits per heavy atom. The summed E-state index contributed by atoms with van der Waals surface area (Å²) >= 11 is 0. The van der Waals surface area contributed by atoms with E-state index in [1.165, 1.54) is 0 Å². The fourth-order valence-corrected chi connectivity index (χ4v) is 3.77. The Labute approximate surface area is 175 Å². The van der Waals surface area contributed by atoms with Gasteiger partial charge in [0.05, 0.1) is 11.1 Å². The minimum absolute atomic E-state index is 0.0965. The second-order valence-corrected chi connectivity index (χ2v) is 7.53. The zero-order valence-corrected chi connectivity index (χ0v) is 17.3. The molecule has 1 aromatic heterocycles. The van der Waals surface area contributed by atoms with Crippen LogP contribution in [0.1, 0.15) is 25.3 Å². The minimum Gasteiger partial charge on any atom is -0.507 e. The van der Waals surface area contributed by atoms with Crippen molar-refractivity contribution in [3.63, 3.8) is 0 Å². The van der Waals surface area contributed by atoms with Crippen LogP contribution in [0, 0.1) is 6.92 Å². The van der Waals surface area contributed by atoms with Gasteiger partial charge in [0.2, 0.25) is 0 Å². The van der Waals surface area contributed by atoms with Crippen molar-refractivity contribution < 1.29 is 14.6 Å². The van der Waals surface area contributed by atoms with Gasteiger partial charge in [-0.15, -0.1) is 0 Å². The number of fused-ring (bicyclic) bond motifs is 1. The summed E-state index contributed by atoms with van der Waals surface area (Å²) in [7, 11) is 0. The van der Waals surface area contributed by atoms with E-state index in [1.54, 1.807) is 12.1 Å². The molecule has 0 aliphatic carbocycles. The van der Waals surface area contributed by atoms with Gasteiger partial charge in [-0.1, -0.05) is 18.2 Å². The zero-order chi connectivity index (χ0) is 21.1. The molecule has 0 unspecified atom stereocenters. The largest absolute Gasteiger partial charge is 0.507 e. The lowest BCUT2D eigenvalue weighted by Crippen LogP contribution is -2.40. The van der Waals surface area contributed by atoms with Crippen molar-refractivity contribution in [2.24, 2.45) is 0 Å². The van der Waals surface area contributed by atoms with Crippen molar-refractivity contribution >= 4 is 22.8 Å². The number of nitrogens with zero attached hydrogens (tertiary/aromatic N) is 3. The Hall–Kier alpha value is -3.35. The van der Waals surface area contributed by atoms with Crippen molar-refractivity contribution in [3.8, 4) is 17.1 Å². The van der Waals surface area contributed by atoms with Crippen LogP contribution in [-0.4, -0.2) is 46.9 Å². The maximum atomic E-state index is 11.7. The maximum absolute atomic E-state index is 11.7. The molecule has 4 rings (SSSR count). The smallest absolute Gasteiger partial charge is 0.407 e. The number of phenols is 1. The molecule has 0 bridgehead atoms. The van der Waals surface area contributed by atoms with Crippen LogP contribution >= 0.6 is 0 Å². The summed E-state index contributed by atoms with van der Waals surface area (Å²) in [4.78, 5) is 23.5. The monoisotopic (exact) mass is 406 g/mol. The Morgan fingerprint density at radius 3 is 2.70 bits per heavy atom. The number of alkyl carbamates (subject to hydrolysis) is 1. The highest BCUT2D eigenvalue weighted by Crippen LogP contribution is 2.33. The number of ether oxygens (including phenoxy) is 1. The van der Waals surface area contributed by atoms with Crippen LogP contribution < -0.4 is 10.2 Å². The number of carbonyl (C=O) groups is 1. The highest BCUT2D eigenvalue weighted by atomic mass is 16.6. The Morgan fingerprint density at radius 2 is 1.97 bits per heavy atom. The standard InChI is InChI=1S/C23H26N4O3/c1-3-24-23(29)30-16-10-12-27(13-11-16)22-17-9-8-15(2)14-19(17)25-21(26-22)18-6-4-5-7-20(18)28/h4-9,14,16,28H,3,10-13H2,1-2H3,(H,24,29). The van der Waals surface area contributed by atoms with Gasteiger partial charge >= 0.3 is 6.09 Å². The SMILES string of the molecule is CCNC(=O)OC1CCN(c2nc(-c3ccccc3O)nc3cc(C)ccc23)CC1. The van der Waals surface area contributed by atoms with Crippen LogP contribution in [0.2, 0.25) is 0 Å². The Balaban J connectivity index is 1.65. The first-order chi connectivity index (χ1) is 14.5. The van der Waals surface area contributed by atoms with Gasteiger partial charge in [-0.05, 0) is 43.7 Å². The van der Waals surface area contributed by atoms with Crippen molar-refractivity contribution in [1.29, 1.82) is 0 Å². The van der Waals surface area contributed by atoms with Crippen molar-refractivity contribution in [3.05, 3.63) is 48.0 Å². The van der Waals surface area contributed by atoms with Crippen LogP contribution in [0.3, 0.4) is 0 Å². The highest BCUT2D eigenvalue weighted by Gasteiger charge is 2.25. The number of hydrogen-bond donors (Lipinski definition) is 2. The molecule has 2 N–H and O–H groups in total. The summed E-state index contributed by atoms with van der Waals surface area (Å²) < 4.78 is 5.49. The zero-order valence-electron chi connectivity index (χ0n) is 17.3.